The number of aromatic amines is 1. The Hall–Kier alpha value is -6.97. The average molecular weight is 873 g/mol. The molecule has 2 atom stereocenters. The quantitative estimate of drug-likeness (QED) is 0.0649. The molecule has 5 aromatic carbocycles. The fourth-order valence-electron chi connectivity index (χ4n) is 7.28. The molecule has 63 heavy (non-hydrogen) atoms. The second-order valence-electron chi connectivity index (χ2n) is 15.5. The monoisotopic (exact) mass is 872 g/mol. The highest BCUT2D eigenvalue weighted by Gasteiger charge is 2.38. The van der Waals surface area contributed by atoms with E-state index in [2.05, 4.69) is 15.6 Å². The largest absolute Gasteiger partial charge is 0.479 e. The highest BCUT2D eigenvalue weighted by molar-refractivity contribution is 7.92. The SMILES string of the molecule is Cc1cc(C(Nc2ccc3cc[nH]c(=O)c3c2)C(=O)O)ccc1[C@@H](COCc1ccccc1)COC(=O)Nc1ccc(S(=O)(=O)C2CC2)c(CN(C)C(=O)OCc2ccccc2)c1. The van der Waals surface area contributed by atoms with Gasteiger partial charge in [-0.05, 0) is 94.9 Å². The number of rotatable bonds is 18. The molecule has 1 saturated carbocycles. The van der Waals surface area contributed by atoms with Gasteiger partial charge in [-0.3, -0.25) is 10.1 Å². The first kappa shape index (κ1) is 44.1. The van der Waals surface area contributed by atoms with E-state index in [0.717, 1.165) is 27.6 Å². The minimum Gasteiger partial charge on any atom is -0.479 e. The maximum absolute atomic E-state index is 13.5. The van der Waals surface area contributed by atoms with Crippen LogP contribution in [0.3, 0.4) is 0 Å². The highest BCUT2D eigenvalue weighted by atomic mass is 32.2. The molecule has 0 saturated heterocycles. The molecule has 1 fully saturated rings. The topological polar surface area (TPSA) is 193 Å². The molecule has 6 aromatic rings. The fourth-order valence-corrected chi connectivity index (χ4v) is 9.14. The lowest BCUT2D eigenvalue weighted by atomic mass is 9.92. The van der Waals surface area contributed by atoms with Crippen LogP contribution < -0.4 is 16.2 Å². The van der Waals surface area contributed by atoms with Crippen molar-refractivity contribution >= 4 is 50.1 Å². The fraction of sp³-hybridized carbons (Fsp3) is 0.250. The van der Waals surface area contributed by atoms with Crippen LogP contribution in [0.4, 0.5) is 21.0 Å². The zero-order valence-electron chi connectivity index (χ0n) is 34.8. The van der Waals surface area contributed by atoms with Crippen LogP contribution in [0.15, 0.2) is 137 Å². The van der Waals surface area contributed by atoms with Crippen molar-refractivity contribution in [3.63, 3.8) is 0 Å². The number of hydrogen-bond acceptors (Lipinski definition) is 10. The Morgan fingerprint density at radius 1 is 0.825 bits per heavy atom. The van der Waals surface area contributed by atoms with Gasteiger partial charge in [-0.15, -0.1) is 0 Å². The van der Waals surface area contributed by atoms with Crippen molar-refractivity contribution in [3.05, 3.63) is 171 Å². The molecule has 1 aromatic heterocycles. The number of fused-ring (bicyclic) bond motifs is 1. The molecule has 0 radical (unpaired) electrons. The van der Waals surface area contributed by atoms with Gasteiger partial charge in [0.15, 0.2) is 15.9 Å². The Morgan fingerprint density at radius 3 is 2.21 bits per heavy atom. The van der Waals surface area contributed by atoms with Crippen molar-refractivity contribution in [2.75, 3.05) is 30.9 Å². The molecule has 15 heteroatoms. The zero-order valence-corrected chi connectivity index (χ0v) is 35.6. The van der Waals surface area contributed by atoms with Crippen LogP contribution in [-0.2, 0) is 48.6 Å². The summed E-state index contributed by atoms with van der Waals surface area (Å²) in [5.74, 6) is -1.60. The van der Waals surface area contributed by atoms with Gasteiger partial charge in [0, 0.05) is 35.9 Å². The third-order valence-corrected chi connectivity index (χ3v) is 13.1. The number of nitrogens with zero attached hydrogens (tertiary/aromatic N) is 1. The van der Waals surface area contributed by atoms with Gasteiger partial charge in [-0.2, -0.15) is 0 Å². The summed E-state index contributed by atoms with van der Waals surface area (Å²) in [6.07, 6.45) is 1.20. The van der Waals surface area contributed by atoms with Gasteiger partial charge >= 0.3 is 18.2 Å². The molecule has 14 nitrogen and oxygen atoms in total. The number of carbonyl (C=O) groups is 3. The van der Waals surface area contributed by atoms with Gasteiger partial charge in [0.25, 0.3) is 5.56 Å². The van der Waals surface area contributed by atoms with Gasteiger partial charge in [-0.1, -0.05) is 84.9 Å². The summed E-state index contributed by atoms with van der Waals surface area (Å²) in [6, 6.07) is 34.1. The van der Waals surface area contributed by atoms with E-state index in [9.17, 15) is 32.7 Å². The number of aromatic nitrogens is 1. The van der Waals surface area contributed by atoms with Gasteiger partial charge in [-0.25, -0.2) is 22.8 Å². The molecular formula is C48H48N4O10S. The number of carbonyl (C=O) groups excluding carboxylic acids is 2. The summed E-state index contributed by atoms with van der Waals surface area (Å²) in [5, 5.41) is 16.7. The Labute approximate surface area is 364 Å². The van der Waals surface area contributed by atoms with E-state index < -0.39 is 45.2 Å². The highest BCUT2D eigenvalue weighted by Crippen LogP contribution is 2.36. The number of aliphatic carboxylic acids is 1. The molecule has 326 valence electrons. The molecule has 0 aliphatic heterocycles. The van der Waals surface area contributed by atoms with E-state index in [1.54, 1.807) is 48.7 Å². The second kappa shape index (κ2) is 19.8. The molecule has 1 unspecified atom stereocenters. The molecule has 7 rings (SSSR count). The summed E-state index contributed by atoms with van der Waals surface area (Å²) in [7, 11) is -2.17. The lowest BCUT2D eigenvalue weighted by Gasteiger charge is -2.22. The summed E-state index contributed by atoms with van der Waals surface area (Å²) >= 11 is 0. The van der Waals surface area contributed by atoms with Crippen molar-refractivity contribution < 1.29 is 42.1 Å². The Kier molecular flexibility index (Phi) is 13.9. The summed E-state index contributed by atoms with van der Waals surface area (Å²) < 4.78 is 44.3. The maximum Gasteiger partial charge on any atom is 0.411 e. The van der Waals surface area contributed by atoms with Crippen LogP contribution in [0.5, 0.6) is 0 Å². The second-order valence-corrected chi connectivity index (χ2v) is 17.7. The molecule has 1 aliphatic rings. The standard InChI is InChI=1S/C48H48N4O10S/c1-31-23-35(44(46(54)55)50-39-15-13-34-21-22-49-45(53)42(34)25-39)14-19-41(31)37(29-60-27-32-9-5-3-6-10-32)30-61-47(56)51-38-16-20-43(63(58,59)40-17-18-40)36(24-38)26-52(2)48(57)62-28-33-11-7-4-8-12-33/h3-16,19-25,37,40,44,50H,17-18,26-30H2,1-2H3,(H,49,53)(H,51,56)(H,54,55)/t37-,44?/m0/s1. The summed E-state index contributed by atoms with van der Waals surface area (Å²) in [4.78, 5) is 55.4. The molecule has 1 aliphatic carbocycles. The minimum atomic E-state index is -3.68. The number of hydrogen-bond donors (Lipinski definition) is 4. The van der Waals surface area contributed by atoms with Crippen molar-refractivity contribution in [2.45, 2.75) is 61.6 Å². The first-order chi connectivity index (χ1) is 30.3. The summed E-state index contributed by atoms with van der Waals surface area (Å²) in [6.45, 7) is 2.11. The predicted molar refractivity (Wildman–Crippen MR) is 238 cm³/mol. The number of nitrogens with one attached hydrogen (secondary N) is 3. The van der Waals surface area contributed by atoms with Gasteiger partial charge in [0.05, 0.1) is 29.9 Å². The predicted octanol–water partition coefficient (Wildman–Crippen LogP) is 8.33. The van der Waals surface area contributed by atoms with E-state index in [-0.39, 0.29) is 42.5 Å². The number of benzene rings is 5. The van der Waals surface area contributed by atoms with Crippen molar-refractivity contribution in [3.8, 4) is 0 Å². The first-order valence-corrected chi connectivity index (χ1v) is 22.0. The number of anilines is 2. The van der Waals surface area contributed by atoms with E-state index in [4.69, 9.17) is 14.2 Å². The van der Waals surface area contributed by atoms with Crippen LogP contribution in [0.25, 0.3) is 10.8 Å². The van der Waals surface area contributed by atoms with Crippen LogP contribution in [-0.4, -0.2) is 67.1 Å². The molecule has 0 bridgehead atoms. The van der Waals surface area contributed by atoms with Gasteiger partial charge < -0.3 is 34.5 Å². The van der Waals surface area contributed by atoms with Crippen molar-refractivity contribution in [1.29, 1.82) is 0 Å². The smallest absolute Gasteiger partial charge is 0.411 e. The van der Waals surface area contributed by atoms with Crippen LogP contribution in [0, 0.1) is 6.92 Å². The summed E-state index contributed by atoms with van der Waals surface area (Å²) in [5.41, 5.74) is 4.45. The number of carboxylic acids is 1. The van der Waals surface area contributed by atoms with Crippen LogP contribution >= 0.6 is 0 Å². The van der Waals surface area contributed by atoms with Crippen LogP contribution in [0.1, 0.15) is 58.2 Å². The zero-order chi connectivity index (χ0) is 44.5. The number of pyridine rings is 1. The molecule has 2 amide bonds. The average Bonchev–Trinajstić information content (AvgIpc) is 4.14. The number of amides is 2. The lowest BCUT2D eigenvalue weighted by Crippen LogP contribution is -2.28. The number of ether oxygens (including phenoxy) is 3. The lowest BCUT2D eigenvalue weighted by molar-refractivity contribution is -0.138. The Morgan fingerprint density at radius 2 is 1.52 bits per heavy atom. The van der Waals surface area contributed by atoms with E-state index in [1.807, 2.05) is 67.6 Å². The normalized spacial score (nSPS) is 13.4. The molecule has 4 N–H and O–H groups in total. The third kappa shape index (κ3) is 11.3. The number of carboxylic acid groups (broad SMARTS) is 1. The Bertz CT molecular complexity index is 2760. The molecular weight excluding hydrogens is 825 g/mol. The Balaban J connectivity index is 1.06. The van der Waals surface area contributed by atoms with Crippen molar-refractivity contribution in [2.24, 2.45) is 0 Å². The van der Waals surface area contributed by atoms with E-state index in [1.165, 1.54) is 30.1 Å². The molecule has 1 heterocycles. The number of aryl methyl sites for hydroxylation is 1. The van der Waals surface area contributed by atoms with E-state index in [0.29, 0.717) is 41.6 Å². The van der Waals surface area contributed by atoms with Crippen molar-refractivity contribution in [1.82, 2.24) is 9.88 Å². The van der Waals surface area contributed by atoms with Crippen LogP contribution in [0.2, 0.25) is 0 Å². The van der Waals surface area contributed by atoms with Gasteiger partial charge in [0.2, 0.25) is 0 Å². The van der Waals surface area contributed by atoms with Gasteiger partial charge in [0.1, 0.15) is 13.2 Å². The number of H-pyrrole nitrogens is 1. The molecule has 0 spiro atoms. The first-order valence-electron chi connectivity index (χ1n) is 20.4. The third-order valence-electron chi connectivity index (χ3n) is 10.7. The maximum atomic E-state index is 13.5. The minimum absolute atomic E-state index is 0.0446. The number of sulfone groups is 1. The van der Waals surface area contributed by atoms with E-state index >= 15 is 0 Å².